The van der Waals surface area contributed by atoms with Gasteiger partial charge in [0, 0.05) is 31.2 Å². The van der Waals surface area contributed by atoms with E-state index in [1.165, 1.54) is 12.1 Å². The van der Waals surface area contributed by atoms with E-state index in [1.54, 1.807) is 11.0 Å². The Morgan fingerprint density at radius 2 is 1.86 bits per heavy atom. The van der Waals surface area contributed by atoms with Crippen molar-refractivity contribution in [2.45, 2.75) is 45.2 Å². The summed E-state index contributed by atoms with van der Waals surface area (Å²) in [6.45, 7) is 5.70. The molecular weight excluding hydrogens is 378 g/mol. The van der Waals surface area contributed by atoms with Crippen LogP contribution in [0.3, 0.4) is 0 Å². The summed E-state index contributed by atoms with van der Waals surface area (Å²) in [5, 5.41) is 11.5. The molecule has 158 valence electrons. The van der Waals surface area contributed by atoms with E-state index >= 15 is 0 Å². The number of rotatable bonds is 5. The molecular formula is C20H27N3O6. The standard InChI is InChI=1S/C20H27N3O6/c1-14-4-3-5-15(2)22(14)19(24)13-29-20(25)16-6-7-17(18(12-16)23(26)27)21-8-10-28-11-9-21/h6-7,12,14-15H,3-5,8-11,13H2,1-2H3/t14-,15-/m0/s1. The summed E-state index contributed by atoms with van der Waals surface area (Å²) in [6, 6.07) is 4.48. The zero-order chi connectivity index (χ0) is 21.0. The van der Waals surface area contributed by atoms with Crippen LogP contribution in [0.25, 0.3) is 0 Å². The quantitative estimate of drug-likeness (QED) is 0.421. The maximum absolute atomic E-state index is 12.5. The molecule has 0 bridgehead atoms. The summed E-state index contributed by atoms with van der Waals surface area (Å²) in [5.41, 5.74) is 0.342. The lowest BCUT2D eigenvalue weighted by molar-refractivity contribution is -0.384. The number of hydrogen-bond acceptors (Lipinski definition) is 7. The highest BCUT2D eigenvalue weighted by atomic mass is 16.6. The first-order valence-electron chi connectivity index (χ1n) is 9.98. The van der Waals surface area contributed by atoms with Crippen molar-refractivity contribution in [1.29, 1.82) is 0 Å². The highest BCUT2D eigenvalue weighted by molar-refractivity contribution is 5.93. The molecule has 0 saturated carbocycles. The normalized spacial score (nSPS) is 22.3. The fourth-order valence-electron chi connectivity index (χ4n) is 4.07. The van der Waals surface area contributed by atoms with Crippen molar-refractivity contribution >= 4 is 23.3 Å². The number of likely N-dealkylation sites (tertiary alicyclic amines) is 1. The smallest absolute Gasteiger partial charge is 0.338 e. The molecule has 9 heteroatoms. The number of amides is 1. The second-order valence-electron chi connectivity index (χ2n) is 7.57. The minimum atomic E-state index is -0.743. The minimum absolute atomic E-state index is 0.0567. The summed E-state index contributed by atoms with van der Waals surface area (Å²) in [5.74, 6) is -0.982. The molecule has 9 nitrogen and oxygen atoms in total. The van der Waals surface area contributed by atoms with E-state index in [0.29, 0.717) is 32.0 Å². The van der Waals surface area contributed by atoms with Gasteiger partial charge in [-0.3, -0.25) is 14.9 Å². The van der Waals surface area contributed by atoms with Crippen molar-refractivity contribution in [3.05, 3.63) is 33.9 Å². The largest absolute Gasteiger partial charge is 0.452 e. The number of anilines is 1. The molecule has 2 aliphatic heterocycles. The van der Waals surface area contributed by atoms with Gasteiger partial charge in [0.25, 0.3) is 11.6 Å². The van der Waals surface area contributed by atoms with Crippen LogP contribution in [0.4, 0.5) is 11.4 Å². The fourth-order valence-corrected chi connectivity index (χ4v) is 4.07. The van der Waals surface area contributed by atoms with E-state index in [0.717, 1.165) is 19.3 Å². The van der Waals surface area contributed by atoms with Crippen LogP contribution in [-0.2, 0) is 14.3 Å². The molecule has 0 aromatic heterocycles. The SMILES string of the molecule is C[C@H]1CCC[C@H](C)N1C(=O)COC(=O)c1ccc(N2CCOCC2)c([N+](=O)[O-])c1. The Morgan fingerprint density at radius 3 is 2.48 bits per heavy atom. The van der Waals surface area contributed by atoms with Crippen LogP contribution in [0.15, 0.2) is 18.2 Å². The van der Waals surface area contributed by atoms with Gasteiger partial charge in [-0.2, -0.15) is 0 Å². The molecule has 0 unspecified atom stereocenters. The van der Waals surface area contributed by atoms with Crippen molar-refractivity contribution in [3.63, 3.8) is 0 Å². The maximum atomic E-state index is 12.5. The van der Waals surface area contributed by atoms with Crippen molar-refractivity contribution in [2.75, 3.05) is 37.8 Å². The van der Waals surface area contributed by atoms with Gasteiger partial charge in [0.2, 0.25) is 0 Å². The van der Waals surface area contributed by atoms with Crippen LogP contribution in [0.1, 0.15) is 43.5 Å². The molecule has 0 radical (unpaired) electrons. The summed E-state index contributed by atoms with van der Waals surface area (Å²) in [7, 11) is 0. The summed E-state index contributed by atoms with van der Waals surface area (Å²) in [4.78, 5) is 39.6. The van der Waals surface area contributed by atoms with Crippen LogP contribution < -0.4 is 4.90 Å². The number of nitro groups is 1. The molecule has 0 N–H and O–H groups in total. The lowest BCUT2D eigenvalue weighted by Gasteiger charge is -2.38. The van der Waals surface area contributed by atoms with Gasteiger partial charge in [-0.05, 0) is 45.2 Å². The third-order valence-corrected chi connectivity index (χ3v) is 5.57. The molecule has 0 spiro atoms. The number of hydrogen-bond donors (Lipinski definition) is 0. The van der Waals surface area contributed by atoms with Gasteiger partial charge in [0.05, 0.1) is 23.7 Å². The van der Waals surface area contributed by atoms with Crippen LogP contribution in [-0.4, -0.2) is 66.7 Å². The van der Waals surface area contributed by atoms with Gasteiger partial charge in [-0.15, -0.1) is 0 Å². The topological polar surface area (TPSA) is 102 Å². The predicted octanol–water partition coefficient (Wildman–Crippen LogP) is 2.38. The van der Waals surface area contributed by atoms with Gasteiger partial charge >= 0.3 is 5.97 Å². The molecule has 0 aliphatic carbocycles. The number of ether oxygens (including phenoxy) is 2. The van der Waals surface area contributed by atoms with Gasteiger partial charge in [0.1, 0.15) is 5.69 Å². The number of nitrogens with zero attached hydrogens (tertiary/aromatic N) is 3. The van der Waals surface area contributed by atoms with Crippen molar-refractivity contribution < 1.29 is 24.0 Å². The number of nitro benzene ring substituents is 1. The first-order valence-corrected chi connectivity index (χ1v) is 9.98. The summed E-state index contributed by atoms with van der Waals surface area (Å²) < 4.78 is 10.5. The first kappa shape index (κ1) is 21.0. The van der Waals surface area contributed by atoms with Crippen LogP contribution in [0.2, 0.25) is 0 Å². The fraction of sp³-hybridized carbons (Fsp3) is 0.600. The Bertz CT molecular complexity index is 767. The van der Waals surface area contributed by atoms with E-state index in [-0.39, 0.29) is 35.8 Å². The third-order valence-electron chi connectivity index (χ3n) is 5.57. The molecule has 2 atom stereocenters. The number of piperidine rings is 1. The lowest BCUT2D eigenvalue weighted by atomic mass is 9.97. The molecule has 2 fully saturated rings. The monoisotopic (exact) mass is 405 g/mol. The number of morpholine rings is 1. The average molecular weight is 405 g/mol. The lowest BCUT2D eigenvalue weighted by Crippen LogP contribution is -2.49. The molecule has 3 rings (SSSR count). The molecule has 1 aromatic carbocycles. The Kier molecular flexibility index (Phi) is 6.68. The van der Waals surface area contributed by atoms with E-state index in [4.69, 9.17) is 9.47 Å². The highest BCUT2D eigenvalue weighted by Gasteiger charge is 2.30. The predicted molar refractivity (Wildman–Crippen MR) is 106 cm³/mol. The average Bonchev–Trinajstić information content (AvgIpc) is 2.72. The highest BCUT2D eigenvalue weighted by Crippen LogP contribution is 2.30. The van der Waals surface area contributed by atoms with Gasteiger partial charge in [-0.1, -0.05) is 0 Å². The zero-order valence-electron chi connectivity index (χ0n) is 16.8. The third kappa shape index (κ3) is 4.84. The van der Waals surface area contributed by atoms with Crippen molar-refractivity contribution in [2.24, 2.45) is 0 Å². The first-order chi connectivity index (χ1) is 13.9. The van der Waals surface area contributed by atoms with Crippen molar-refractivity contribution in [1.82, 2.24) is 4.90 Å². The maximum Gasteiger partial charge on any atom is 0.338 e. The van der Waals surface area contributed by atoms with E-state index in [1.807, 2.05) is 18.7 Å². The molecule has 2 heterocycles. The number of esters is 1. The molecule has 2 saturated heterocycles. The number of carbonyl (C=O) groups is 2. The van der Waals surface area contributed by atoms with Crippen LogP contribution >= 0.6 is 0 Å². The summed E-state index contributed by atoms with van der Waals surface area (Å²) >= 11 is 0. The van der Waals surface area contributed by atoms with E-state index < -0.39 is 10.9 Å². The molecule has 29 heavy (non-hydrogen) atoms. The molecule has 2 aliphatic rings. The Balaban J connectivity index is 1.68. The molecule has 1 aromatic rings. The number of benzene rings is 1. The summed E-state index contributed by atoms with van der Waals surface area (Å²) in [6.07, 6.45) is 2.93. The number of carbonyl (C=O) groups excluding carboxylic acids is 2. The zero-order valence-corrected chi connectivity index (χ0v) is 16.8. The van der Waals surface area contributed by atoms with E-state index in [9.17, 15) is 19.7 Å². The van der Waals surface area contributed by atoms with Crippen LogP contribution in [0.5, 0.6) is 0 Å². The van der Waals surface area contributed by atoms with Crippen LogP contribution in [0, 0.1) is 10.1 Å². The minimum Gasteiger partial charge on any atom is -0.452 e. The Labute approximate surface area is 169 Å². The van der Waals surface area contributed by atoms with Gasteiger partial charge < -0.3 is 19.3 Å². The second-order valence-corrected chi connectivity index (χ2v) is 7.57. The Hall–Kier alpha value is -2.68. The van der Waals surface area contributed by atoms with Crippen molar-refractivity contribution in [3.8, 4) is 0 Å². The Morgan fingerprint density at radius 1 is 1.21 bits per heavy atom. The van der Waals surface area contributed by atoms with Gasteiger partial charge in [0.15, 0.2) is 6.61 Å². The molecule has 1 amide bonds. The van der Waals surface area contributed by atoms with E-state index in [2.05, 4.69) is 0 Å². The van der Waals surface area contributed by atoms with Gasteiger partial charge in [-0.25, -0.2) is 4.79 Å². The second kappa shape index (κ2) is 9.21.